The second-order valence-corrected chi connectivity index (χ2v) is 5.51. The minimum absolute atomic E-state index is 0.0435. The first-order valence-electron chi connectivity index (χ1n) is 6.74. The fourth-order valence-electron chi connectivity index (χ4n) is 1.91. The molecule has 126 valence electrons. The van der Waals surface area contributed by atoms with Crippen molar-refractivity contribution in [3.63, 3.8) is 0 Å². The Hall–Kier alpha value is -2.41. The Balaban J connectivity index is 2.19. The highest BCUT2D eigenvalue weighted by Gasteiger charge is 2.13. The van der Waals surface area contributed by atoms with Crippen molar-refractivity contribution in [2.24, 2.45) is 0 Å². The van der Waals surface area contributed by atoms with Crippen LogP contribution in [0.2, 0.25) is 0 Å². The normalized spacial score (nSPS) is 11.0. The van der Waals surface area contributed by atoms with Crippen LogP contribution in [0.3, 0.4) is 0 Å². The summed E-state index contributed by atoms with van der Waals surface area (Å²) in [7, 11) is 1.30. The second-order valence-electron chi connectivity index (χ2n) is 4.65. The van der Waals surface area contributed by atoms with Gasteiger partial charge in [0.2, 0.25) is 0 Å². The molecule has 0 radical (unpaired) electrons. The molecule has 0 aliphatic heterocycles. The van der Waals surface area contributed by atoms with Crippen LogP contribution in [-0.2, 0) is 0 Å². The SMILES string of the molecule is COc1cc(C(=O)/C=C/c2ccc(O)c(Br)c2)ccc1OC(F)F. The molecule has 0 fully saturated rings. The number of methoxy groups -OCH3 is 1. The minimum Gasteiger partial charge on any atom is -0.507 e. The zero-order valence-corrected chi connectivity index (χ0v) is 14.1. The van der Waals surface area contributed by atoms with E-state index in [9.17, 15) is 18.7 Å². The number of hydrogen-bond donors (Lipinski definition) is 1. The number of aromatic hydroxyl groups is 1. The van der Waals surface area contributed by atoms with Crippen molar-refractivity contribution in [1.82, 2.24) is 0 Å². The predicted octanol–water partition coefficient (Wildman–Crippen LogP) is 4.66. The number of carbonyl (C=O) groups excluding carboxylic acids is 1. The molecular formula is C17H13BrF2O4. The monoisotopic (exact) mass is 398 g/mol. The van der Waals surface area contributed by atoms with Gasteiger partial charge in [-0.25, -0.2) is 0 Å². The van der Waals surface area contributed by atoms with Crippen molar-refractivity contribution in [3.8, 4) is 17.2 Å². The number of ketones is 1. The van der Waals surface area contributed by atoms with E-state index in [1.807, 2.05) is 0 Å². The molecule has 0 aromatic heterocycles. The van der Waals surface area contributed by atoms with Crippen LogP contribution in [0.25, 0.3) is 6.08 Å². The summed E-state index contributed by atoms with van der Waals surface area (Å²) in [5.41, 5.74) is 0.972. The lowest BCUT2D eigenvalue weighted by atomic mass is 10.1. The van der Waals surface area contributed by atoms with Crippen LogP contribution in [0.4, 0.5) is 8.78 Å². The smallest absolute Gasteiger partial charge is 0.387 e. The Morgan fingerprint density at radius 2 is 1.96 bits per heavy atom. The van der Waals surface area contributed by atoms with E-state index in [1.165, 1.54) is 37.5 Å². The van der Waals surface area contributed by atoms with Crippen LogP contribution in [-0.4, -0.2) is 24.6 Å². The summed E-state index contributed by atoms with van der Waals surface area (Å²) in [5.74, 6) is -0.337. The molecule has 0 aliphatic carbocycles. The summed E-state index contributed by atoms with van der Waals surface area (Å²) < 4.78 is 34.4. The largest absolute Gasteiger partial charge is 0.507 e. The first kappa shape index (κ1) is 17.9. The van der Waals surface area contributed by atoms with Crippen LogP contribution in [0, 0.1) is 0 Å². The Morgan fingerprint density at radius 1 is 1.21 bits per heavy atom. The van der Waals surface area contributed by atoms with E-state index in [1.54, 1.807) is 18.2 Å². The van der Waals surface area contributed by atoms with Gasteiger partial charge in [-0.2, -0.15) is 8.78 Å². The van der Waals surface area contributed by atoms with Gasteiger partial charge in [-0.1, -0.05) is 12.1 Å². The quantitative estimate of drug-likeness (QED) is 0.567. The average molecular weight is 399 g/mol. The van der Waals surface area contributed by atoms with Crippen molar-refractivity contribution in [2.45, 2.75) is 6.61 Å². The molecule has 0 aliphatic rings. The molecule has 0 heterocycles. The number of carbonyl (C=O) groups is 1. The van der Waals surface area contributed by atoms with Crippen LogP contribution >= 0.6 is 15.9 Å². The molecule has 7 heteroatoms. The van der Waals surface area contributed by atoms with E-state index in [4.69, 9.17) is 4.74 Å². The molecule has 0 bridgehead atoms. The molecule has 0 unspecified atom stereocenters. The van der Waals surface area contributed by atoms with E-state index < -0.39 is 6.61 Å². The zero-order valence-electron chi connectivity index (χ0n) is 12.5. The number of hydrogen-bond acceptors (Lipinski definition) is 4. The van der Waals surface area contributed by atoms with Crippen molar-refractivity contribution in [2.75, 3.05) is 7.11 Å². The van der Waals surface area contributed by atoms with E-state index in [0.717, 1.165) is 0 Å². The summed E-state index contributed by atoms with van der Waals surface area (Å²) in [6.45, 7) is -2.98. The minimum atomic E-state index is -2.98. The molecule has 0 saturated carbocycles. The Morgan fingerprint density at radius 3 is 2.58 bits per heavy atom. The number of phenols is 1. The highest BCUT2D eigenvalue weighted by atomic mass is 79.9. The summed E-state index contributed by atoms with van der Waals surface area (Å²) in [4.78, 5) is 12.2. The van der Waals surface area contributed by atoms with Crippen LogP contribution < -0.4 is 9.47 Å². The molecule has 0 spiro atoms. The molecule has 0 atom stereocenters. The van der Waals surface area contributed by atoms with Gasteiger partial charge in [-0.3, -0.25) is 4.79 Å². The Labute approximate surface area is 145 Å². The van der Waals surface area contributed by atoms with Gasteiger partial charge in [-0.05, 0) is 57.9 Å². The number of rotatable bonds is 6. The maximum absolute atomic E-state index is 12.3. The standard InChI is InChI=1S/C17H13BrF2O4/c1-23-16-9-11(4-7-15(16)24-17(19)20)13(21)5-2-10-3-6-14(22)12(18)8-10/h2-9,17,22H,1H3/b5-2+. The summed E-state index contributed by atoms with van der Waals surface area (Å²) in [6, 6.07) is 8.75. The Bertz CT molecular complexity index is 775. The van der Waals surface area contributed by atoms with E-state index in [2.05, 4.69) is 20.7 Å². The van der Waals surface area contributed by atoms with Gasteiger partial charge in [0, 0.05) is 5.56 Å². The third-order valence-electron chi connectivity index (χ3n) is 3.06. The highest BCUT2D eigenvalue weighted by molar-refractivity contribution is 9.10. The summed E-state index contributed by atoms with van der Waals surface area (Å²) >= 11 is 3.18. The third kappa shape index (κ3) is 4.55. The third-order valence-corrected chi connectivity index (χ3v) is 3.70. The maximum Gasteiger partial charge on any atom is 0.387 e. The van der Waals surface area contributed by atoms with E-state index in [-0.39, 0.29) is 28.6 Å². The lowest BCUT2D eigenvalue weighted by molar-refractivity contribution is -0.0512. The zero-order chi connectivity index (χ0) is 17.7. The van der Waals surface area contributed by atoms with E-state index in [0.29, 0.717) is 10.0 Å². The highest BCUT2D eigenvalue weighted by Crippen LogP contribution is 2.30. The fourth-order valence-corrected chi connectivity index (χ4v) is 2.31. The molecule has 0 amide bonds. The lowest BCUT2D eigenvalue weighted by Crippen LogP contribution is -2.04. The summed E-state index contributed by atoms with van der Waals surface area (Å²) in [6.07, 6.45) is 2.91. The molecule has 2 rings (SSSR count). The van der Waals surface area contributed by atoms with Gasteiger partial charge in [0.1, 0.15) is 5.75 Å². The topological polar surface area (TPSA) is 55.8 Å². The van der Waals surface area contributed by atoms with E-state index >= 15 is 0 Å². The first-order valence-corrected chi connectivity index (χ1v) is 7.54. The molecule has 24 heavy (non-hydrogen) atoms. The van der Waals surface area contributed by atoms with Crippen LogP contribution in [0.15, 0.2) is 46.9 Å². The first-order chi connectivity index (χ1) is 11.4. The molecular weight excluding hydrogens is 386 g/mol. The van der Waals surface area contributed by atoms with Gasteiger partial charge in [-0.15, -0.1) is 0 Å². The predicted molar refractivity (Wildman–Crippen MR) is 88.8 cm³/mol. The molecule has 2 aromatic carbocycles. The fraction of sp³-hybridized carbons (Fsp3) is 0.118. The number of allylic oxidation sites excluding steroid dienone is 1. The van der Waals surface area contributed by atoms with Crippen molar-refractivity contribution < 1.29 is 28.2 Å². The molecule has 1 N–H and O–H groups in total. The van der Waals surface area contributed by atoms with Crippen LogP contribution in [0.5, 0.6) is 17.2 Å². The molecule has 0 saturated heterocycles. The van der Waals surface area contributed by atoms with Gasteiger partial charge >= 0.3 is 6.61 Å². The molecule has 2 aromatic rings. The van der Waals surface area contributed by atoms with Gasteiger partial charge in [0.25, 0.3) is 0 Å². The Kier molecular flexibility index (Phi) is 5.92. The molecule has 4 nitrogen and oxygen atoms in total. The summed E-state index contributed by atoms with van der Waals surface area (Å²) in [5, 5.41) is 9.43. The lowest BCUT2D eigenvalue weighted by Gasteiger charge is -2.10. The maximum atomic E-state index is 12.3. The second kappa shape index (κ2) is 7.92. The number of ether oxygens (including phenoxy) is 2. The van der Waals surface area contributed by atoms with Crippen molar-refractivity contribution in [3.05, 3.63) is 58.1 Å². The average Bonchev–Trinajstić information content (AvgIpc) is 2.55. The van der Waals surface area contributed by atoms with Crippen molar-refractivity contribution >= 4 is 27.8 Å². The number of benzene rings is 2. The number of halogens is 3. The van der Waals surface area contributed by atoms with Crippen LogP contribution in [0.1, 0.15) is 15.9 Å². The van der Waals surface area contributed by atoms with Crippen molar-refractivity contribution in [1.29, 1.82) is 0 Å². The van der Waals surface area contributed by atoms with Gasteiger partial charge in [0.15, 0.2) is 17.3 Å². The van der Waals surface area contributed by atoms with Gasteiger partial charge < -0.3 is 14.6 Å². The van der Waals surface area contributed by atoms with Gasteiger partial charge in [0.05, 0.1) is 11.6 Å². The number of phenolic OH excluding ortho intramolecular Hbond substituents is 1. The number of alkyl halides is 2.